The summed E-state index contributed by atoms with van der Waals surface area (Å²) in [6, 6.07) is 5.43. The molecule has 0 aromatic heterocycles. The number of nitrogens with zero attached hydrogens (tertiary/aromatic N) is 1. The molecule has 1 aromatic carbocycles. The maximum absolute atomic E-state index is 13.7. The third-order valence-electron chi connectivity index (χ3n) is 4.04. The van der Waals surface area contributed by atoms with E-state index < -0.39 is 0 Å². The predicted octanol–water partition coefficient (Wildman–Crippen LogP) is 4.39. The van der Waals surface area contributed by atoms with Gasteiger partial charge >= 0.3 is 0 Å². The monoisotopic (exact) mass is 260 g/mol. The van der Waals surface area contributed by atoms with Gasteiger partial charge in [-0.05, 0) is 43.7 Å². The lowest BCUT2D eigenvalue weighted by atomic mass is 9.75. The number of halogens is 1. The number of anilines is 1. The molecule has 2 rings (SSSR count). The Morgan fingerprint density at radius 3 is 2.79 bits per heavy atom. The van der Waals surface area contributed by atoms with Crippen molar-refractivity contribution in [2.24, 2.45) is 5.41 Å². The molecule has 0 heterocycles. The average molecular weight is 260 g/mol. The summed E-state index contributed by atoms with van der Waals surface area (Å²) in [6.07, 6.45) is 4.65. The molecule has 1 aliphatic rings. The number of hydrogen-bond acceptors (Lipinski definition) is 2. The molecule has 0 spiro atoms. The fourth-order valence-corrected chi connectivity index (χ4v) is 2.93. The van der Waals surface area contributed by atoms with Crippen molar-refractivity contribution in [3.8, 4) is 6.07 Å². The zero-order valence-electron chi connectivity index (χ0n) is 11.9. The highest BCUT2D eigenvalue weighted by molar-refractivity contribution is 5.56. The third kappa shape index (κ3) is 3.26. The third-order valence-corrected chi connectivity index (χ3v) is 4.04. The fraction of sp³-hybridized carbons (Fsp3) is 0.562. The summed E-state index contributed by atoms with van der Waals surface area (Å²) in [5.41, 5.74) is 2.08. The first kappa shape index (κ1) is 13.9. The van der Waals surface area contributed by atoms with Gasteiger partial charge in [-0.25, -0.2) is 4.39 Å². The SMILES string of the molecule is Cc1c(F)cc(C#N)cc1NC1CCCC(C)(C)C1. The predicted molar refractivity (Wildman–Crippen MR) is 75.5 cm³/mol. The standard InChI is InChI=1S/C16H21FN2/c1-11-14(17)7-12(10-18)8-15(11)19-13-5-4-6-16(2,3)9-13/h7-8,13,19H,4-6,9H2,1-3H3. The molecule has 102 valence electrons. The molecule has 0 amide bonds. The van der Waals surface area contributed by atoms with Crippen LogP contribution in [0.1, 0.15) is 50.7 Å². The minimum absolute atomic E-state index is 0.309. The van der Waals surface area contributed by atoms with Crippen molar-refractivity contribution in [3.63, 3.8) is 0 Å². The van der Waals surface area contributed by atoms with E-state index in [9.17, 15) is 4.39 Å². The van der Waals surface area contributed by atoms with E-state index in [1.165, 1.54) is 18.9 Å². The van der Waals surface area contributed by atoms with E-state index in [0.717, 1.165) is 18.5 Å². The lowest BCUT2D eigenvalue weighted by Gasteiger charge is -2.36. The number of benzene rings is 1. The van der Waals surface area contributed by atoms with E-state index in [4.69, 9.17) is 5.26 Å². The van der Waals surface area contributed by atoms with Crippen LogP contribution in [0.2, 0.25) is 0 Å². The van der Waals surface area contributed by atoms with Crippen molar-refractivity contribution >= 4 is 5.69 Å². The first-order valence-electron chi connectivity index (χ1n) is 6.88. The van der Waals surface area contributed by atoms with Gasteiger partial charge in [0.1, 0.15) is 5.82 Å². The zero-order valence-corrected chi connectivity index (χ0v) is 11.9. The van der Waals surface area contributed by atoms with Gasteiger partial charge in [0, 0.05) is 17.3 Å². The Morgan fingerprint density at radius 2 is 2.16 bits per heavy atom. The molecule has 3 heteroatoms. The van der Waals surface area contributed by atoms with Crippen LogP contribution in [-0.4, -0.2) is 6.04 Å². The number of hydrogen-bond donors (Lipinski definition) is 1. The van der Waals surface area contributed by atoms with E-state index in [2.05, 4.69) is 19.2 Å². The largest absolute Gasteiger partial charge is 0.382 e. The van der Waals surface area contributed by atoms with Gasteiger partial charge in [-0.1, -0.05) is 20.3 Å². The van der Waals surface area contributed by atoms with E-state index in [0.29, 0.717) is 22.6 Å². The van der Waals surface area contributed by atoms with Crippen molar-refractivity contribution < 1.29 is 4.39 Å². The van der Waals surface area contributed by atoms with Gasteiger partial charge in [-0.15, -0.1) is 0 Å². The van der Waals surface area contributed by atoms with Crippen LogP contribution in [0.25, 0.3) is 0 Å². The highest BCUT2D eigenvalue weighted by atomic mass is 19.1. The average Bonchev–Trinajstić information content (AvgIpc) is 2.33. The second kappa shape index (κ2) is 5.21. The van der Waals surface area contributed by atoms with Crippen LogP contribution in [0.15, 0.2) is 12.1 Å². The Balaban J connectivity index is 2.19. The Kier molecular flexibility index (Phi) is 3.80. The molecular formula is C16H21FN2. The molecule has 1 aliphatic carbocycles. The summed E-state index contributed by atoms with van der Waals surface area (Å²) in [7, 11) is 0. The van der Waals surface area contributed by atoms with E-state index in [1.54, 1.807) is 13.0 Å². The molecule has 2 nitrogen and oxygen atoms in total. The molecule has 0 bridgehead atoms. The van der Waals surface area contributed by atoms with E-state index >= 15 is 0 Å². The normalized spacial score (nSPS) is 21.7. The Morgan fingerprint density at radius 1 is 1.42 bits per heavy atom. The second-order valence-corrected chi connectivity index (χ2v) is 6.34. The molecule has 1 N–H and O–H groups in total. The maximum atomic E-state index is 13.7. The summed E-state index contributed by atoms with van der Waals surface area (Å²) in [6.45, 7) is 6.31. The zero-order chi connectivity index (χ0) is 14.0. The van der Waals surface area contributed by atoms with Crippen molar-refractivity contribution in [1.82, 2.24) is 0 Å². The molecule has 0 saturated heterocycles. The van der Waals surface area contributed by atoms with Crippen molar-refractivity contribution in [2.45, 2.75) is 52.5 Å². The van der Waals surface area contributed by atoms with Crippen LogP contribution in [0.5, 0.6) is 0 Å². The van der Waals surface area contributed by atoms with Crippen LogP contribution in [0.3, 0.4) is 0 Å². The highest BCUT2D eigenvalue weighted by Gasteiger charge is 2.28. The molecule has 1 saturated carbocycles. The van der Waals surface area contributed by atoms with Crippen LogP contribution in [-0.2, 0) is 0 Å². The summed E-state index contributed by atoms with van der Waals surface area (Å²) in [4.78, 5) is 0. The van der Waals surface area contributed by atoms with E-state index in [1.807, 2.05) is 6.07 Å². The number of nitrogens with one attached hydrogen (secondary N) is 1. The van der Waals surface area contributed by atoms with Crippen molar-refractivity contribution in [2.75, 3.05) is 5.32 Å². The molecule has 1 aromatic rings. The van der Waals surface area contributed by atoms with Gasteiger partial charge in [0.15, 0.2) is 0 Å². The minimum atomic E-state index is -0.309. The van der Waals surface area contributed by atoms with Crippen molar-refractivity contribution in [1.29, 1.82) is 5.26 Å². The molecule has 0 radical (unpaired) electrons. The topological polar surface area (TPSA) is 35.8 Å². The summed E-state index contributed by atoms with van der Waals surface area (Å²) in [5, 5.41) is 12.4. The van der Waals surface area contributed by atoms with Gasteiger partial charge in [0.2, 0.25) is 0 Å². The molecule has 0 aliphatic heterocycles. The van der Waals surface area contributed by atoms with Crippen LogP contribution in [0.4, 0.5) is 10.1 Å². The van der Waals surface area contributed by atoms with E-state index in [-0.39, 0.29) is 5.82 Å². The van der Waals surface area contributed by atoms with Gasteiger partial charge in [-0.3, -0.25) is 0 Å². The summed E-state index contributed by atoms with van der Waals surface area (Å²) in [5.74, 6) is -0.309. The van der Waals surface area contributed by atoms with Gasteiger partial charge in [0.05, 0.1) is 11.6 Å². The first-order chi connectivity index (χ1) is 8.91. The quantitative estimate of drug-likeness (QED) is 0.856. The minimum Gasteiger partial charge on any atom is -0.382 e. The summed E-state index contributed by atoms with van der Waals surface area (Å²) >= 11 is 0. The van der Waals surface area contributed by atoms with Crippen LogP contribution < -0.4 is 5.32 Å². The van der Waals surface area contributed by atoms with Gasteiger partial charge < -0.3 is 5.32 Å². The smallest absolute Gasteiger partial charge is 0.129 e. The van der Waals surface area contributed by atoms with Crippen LogP contribution in [0, 0.1) is 29.5 Å². The Labute approximate surface area is 114 Å². The Hall–Kier alpha value is -1.56. The van der Waals surface area contributed by atoms with Crippen molar-refractivity contribution in [3.05, 3.63) is 29.1 Å². The maximum Gasteiger partial charge on any atom is 0.129 e. The van der Waals surface area contributed by atoms with Gasteiger partial charge in [-0.2, -0.15) is 5.26 Å². The lowest BCUT2D eigenvalue weighted by Crippen LogP contribution is -2.32. The fourth-order valence-electron chi connectivity index (χ4n) is 2.93. The lowest BCUT2D eigenvalue weighted by molar-refractivity contribution is 0.229. The molecule has 19 heavy (non-hydrogen) atoms. The molecule has 1 atom stereocenters. The number of rotatable bonds is 2. The molecular weight excluding hydrogens is 239 g/mol. The van der Waals surface area contributed by atoms with Crippen LogP contribution >= 0.6 is 0 Å². The second-order valence-electron chi connectivity index (χ2n) is 6.34. The molecule has 1 fully saturated rings. The highest BCUT2D eigenvalue weighted by Crippen LogP contribution is 2.36. The van der Waals surface area contributed by atoms with Gasteiger partial charge in [0.25, 0.3) is 0 Å². The molecule has 1 unspecified atom stereocenters. The Bertz CT molecular complexity index is 514. The number of nitriles is 1. The summed E-state index contributed by atoms with van der Waals surface area (Å²) < 4.78 is 13.7. The first-order valence-corrected chi connectivity index (χ1v) is 6.88.